The van der Waals surface area contributed by atoms with Gasteiger partial charge in [0.25, 0.3) is 5.91 Å². The van der Waals surface area contributed by atoms with E-state index in [4.69, 9.17) is 14.2 Å². The number of esters is 1. The standard InChI is InChI=1S/C27H29N3O5S/c1-16(2)35-23(31)15-36-27-20(14-28)25(18-11-12-21(33-4)22(13-18)34-5)24(17(3)29-27)26(32)30-19-9-7-6-8-10-19/h6-13,16,25,29H,15H2,1-5H3,(H,30,32)/t25-/m1/s1. The molecule has 36 heavy (non-hydrogen) atoms. The summed E-state index contributed by atoms with van der Waals surface area (Å²) in [6.07, 6.45) is -0.240. The molecule has 3 rings (SSSR count). The molecule has 0 radical (unpaired) electrons. The quantitative estimate of drug-likeness (QED) is 0.469. The molecule has 0 bridgehead atoms. The van der Waals surface area contributed by atoms with Crippen molar-refractivity contribution in [3.63, 3.8) is 0 Å². The highest BCUT2D eigenvalue weighted by molar-refractivity contribution is 8.03. The SMILES string of the molecule is COc1ccc([C@@H]2C(C#N)=C(SCC(=O)OC(C)C)NC(C)=C2C(=O)Nc2ccccc2)cc1OC. The zero-order valence-electron chi connectivity index (χ0n) is 20.9. The summed E-state index contributed by atoms with van der Waals surface area (Å²) in [6, 6.07) is 16.6. The number of carbonyl (C=O) groups is 2. The Morgan fingerprint density at radius 1 is 1.11 bits per heavy atom. The van der Waals surface area contributed by atoms with Crippen LogP contribution in [0.2, 0.25) is 0 Å². The molecular formula is C27H29N3O5S. The van der Waals surface area contributed by atoms with Crippen LogP contribution in [0, 0.1) is 11.3 Å². The van der Waals surface area contributed by atoms with Crippen LogP contribution in [0.15, 0.2) is 70.4 Å². The van der Waals surface area contributed by atoms with Crippen LogP contribution in [0.5, 0.6) is 11.5 Å². The molecule has 0 spiro atoms. The van der Waals surface area contributed by atoms with E-state index >= 15 is 0 Å². The second-order valence-corrected chi connectivity index (χ2v) is 9.20. The second kappa shape index (κ2) is 12.2. The van der Waals surface area contributed by atoms with E-state index in [1.807, 2.05) is 18.2 Å². The summed E-state index contributed by atoms with van der Waals surface area (Å²) >= 11 is 1.17. The van der Waals surface area contributed by atoms with Crippen LogP contribution in [-0.4, -0.2) is 38.0 Å². The van der Waals surface area contributed by atoms with Crippen LogP contribution in [0.4, 0.5) is 5.69 Å². The van der Waals surface area contributed by atoms with E-state index in [0.29, 0.717) is 44.6 Å². The van der Waals surface area contributed by atoms with Crippen molar-refractivity contribution in [2.24, 2.45) is 0 Å². The zero-order valence-corrected chi connectivity index (χ0v) is 21.7. The minimum atomic E-state index is -0.705. The molecule has 8 nitrogen and oxygen atoms in total. The predicted octanol–water partition coefficient (Wildman–Crippen LogP) is 4.72. The third-order valence-electron chi connectivity index (χ3n) is 5.37. The summed E-state index contributed by atoms with van der Waals surface area (Å²) in [7, 11) is 3.06. The van der Waals surface area contributed by atoms with Crippen LogP contribution in [-0.2, 0) is 14.3 Å². The minimum absolute atomic E-state index is 0.0170. The molecule has 0 saturated heterocycles. The lowest BCUT2D eigenvalue weighted by atomic mass is 9.82. The van der Waals surface area contributed by atoms with Crippen molar-refractivity contribution in [2.45, 2.75) is 32.8 Å². The van der Waals surface area contributed by atoms with Crippen LogP contribution in [0.1, 0.15) is 32.3 Å². The van der Waals surface area contributed by atoms with Crippen LogP contribution < -0.4 is 20.1 Å². The Balaban J connectivity index is 2.06. The van der Waals surface area contributed by atoms with Gasteiger partial charge in [0.15, 0.2) is 11.5 Å². The third-order valence-corrected chi connectivity index (χ3v) is 6.36. The Labute approximate surface area is 215 Å². The molecule has 1 aliphatic heterocycles. The number of hydrogen-bond acceptors (Lipinski definition) is 8. The van der Waals surface area contributed by atoms with Crippen molar-refractivity contribution in [2.75, 3.05) is 25.3 Å². The van der Waals surface area contributed by atoms with Gasteiger partial charge in [-0.3, -0.25) is 9.59 Å². The first-order valence-electron chi connectivity index (χ1n) is 11.3. The largest absolute Gasteiger partial charge is 0.493 e. The number of benzene rings is 2. The molecule has 0 aromatic heterocycles. The number of ether oxygens (including phenoxy) is 3. The van der Waals surface area contributed by atoms with E-state index < -0.39 is 11.9 Å². The third kappa shape index (κ3) is 6.20. The summed E-state index contributed by atoms with van der Waals surface area (Å²) in [5, 5.41) is 16.8. The molecule has 1 atom stereocenters. The van der Waals surface area contributed by atoms with Crippen molar-refractivity contribution in [1.82, 2.24) is 5.32 Å². The Morgan fingerprint density at radius 3 is 2.42 bits per heavy atom. The van der Waals surface area contributed by atoms with Gasteiger partial charge in [0.2, 0.25) is 0 Å². The number of nitrogens with one attached hydrogen (secondary N) is 2. The van der Waals surface area contributed by atoms with Crippen molar-refractivity contribution in [1.29, 1.82) is 5.26 Å². The molecule has 2 aromatic carbocycles. The van der Waals surface area contributed by atoms with Crippen molar-refractivity contribution in [3.8, 4) is 17.6 Å². The number of amides is 1. The number of hydrogen-bond donors (Lipinski definition) is 2. The molecule has 2 N–H and O–H groups in total. The Hall–Kier alpha value is -3.90. The first-order chi connectivity index (χ1) is 17.3. The number of anilines is 1. The number of rotatable bonds is 9. The first kappa shape index (κ1) is 26.7. The maximum absolute atomic E-state index is 13.5. The second-order valence-electron chi connectivity index (χ2n) is 8.21. The summed E-state index contributed by atoms with van der Waals surface area (Å²) in [4.78, 5) is 25.7. The average Bonchev–Trinajstić information content (AvgIpc) is 2.86. The van der Waals surface area contributed by atoms with Gasteiger partial charge in [-0.25, -0.2) is 0 Å². The Bertz CT molecular complexity index is 1230. The number of allylic oxidation sites excluding steroid dienone is 2. The van der Waals surface area contributed by atoms with Gasteiger partial charge in [-0.05, 0) is 50.6 Å². The topological polar surface area (TPSA) is 110 Å². The number of thioether (sulfide) groups is 1. The smallest absolute Gasteiger partial charge is 0.316 e. The predicted molar refractivity (Wildman–Crippen MR) is 140 cm³/mol. The van der Waals surface area contributed by atoms with Gasteiger partial charge in [0, 0.05) is 17.0 Å². The minimum Gasteiger partial charge on any atom is -0.493 e. The molecular weight excluding hydrogens is 478 g/mol. The Morgan fingerprint density at radius 2 is 1.81 bits per heavy atom. The van der Waals surface area contributed by atoms with Gasteiger partial charge >= 0.3 is 5.97 Å². The highest BCUT2D eigenvalue weighted by Crippen LogP contribution is 2.43. The monoisotopic (exact) mass is 507 g/mol. The molecule has 2 aromatic rings. The Kier molecular flexibility index (Phi) is 9.03. The highest BCUT2D eigenvalue weighted by atomic mass is 32.2. The zero-order chi connectivity index (χ0) is 26.2. The lowest BCUT2D eigenvalue weighted by Crippen LogP contribution is -2.31. The fourth-order valence-electron chi connectivity index (χ4n) is 3.84. The number of methoxy groups -OCH3 is 2. The molecule has 0 saturated carbocycles. The molecule has 1 amide bonds. The molecule has 188 valence electrons. The van der Waals surface area contributed by atoms with Gasteiger partial charge in [0.05, 0.1) is 48.7 Å². The first-order valence-corrected chi connectivity index (χ1v) is 12.3. The van der Waals surface area contributed by atoms with Crippen molar-refractivity contribution < 1.29 is 23.8 Å². The van der Waals surface area contributed by atoms with E-state index in [1.165, 1.54) is 26.0 Å². The lowest BCUT2D eigenvalue weighted by molar-refractivity contribution is -0.144. The summed E-state index contributed by atoms with van der Waals surface area (Å²) in [5.74, 6) is -0.423. The summed E-state index contributed by atoms with van der Waals surface area (Å²) in [6.45, 7) is 5.33. The molecule has 1 heterocycles. The van der Waals surface area contributed by atoms with Crippen LogP contribution >= 0.6 is 11.8 Å². The molecule has 1 aliphatic rings. The number of dihydropyridines is 1. The summed E-state index contributed by atoms with van der Waals surface area (Å²) < 4.78 is 16.1. The van der Waals surface area contributed by atoms with E-state index in [1.54, 1.807) is 51.1 Å². The van der Waals surface area contributed by atoms with Gasteiger partial charge in [-0.1, -0.05) is 36.0 Å². The van der Waals surface area contributed by atoms with Gasteiger partial charge in [0.1, 0.15) is 0 Å². The maximum atomic E-state index is 13.5. The lowest BCUT2D eigenvalue weighted by Gasteiger charge is -2.30. The van der Waals surface area contributed by atoms with E-state index in [-0.39, 0.29) is 17.8 Å². The fraction of sp³-hybridized carbons (Fsp3) is 0.296. The summed E-state index contributed by atoms with van der Waals surface area (Å²) in [5.41, 5.74) is 2.58. The molecule has 0 aliphatic carbocycles. The number of para-hydroxylation sites is 1. The van der Waals surface area contributed by atoms with E-state index in [2.05, 4.69) is 16.7 Å². The number of carbonyl (C=O) groups excluding carboxylic acids is 2. The normalized spacial score (nSPS) is 15.2. The molecule has 9 heteroatoms. The molecule has 0 unspecified atom stereocenters. The number of nitrogens with zero attached hydrogens (tertiary/aromatic N) is 1. The highest BCUT2D eigenvalue weighted by Gasteiger charge is 2.35. The van der Waals surface area contributed by atoms with Gasteiger partial charge in [-0.15, -0.1) is 0 Å². The fourth-order valence-corrected chi connectivity index (χ4v) is 4.72. The van der Waals surface area contributed by atoms with E-state index in [9.17, 15) is 14.9 Å². The maximum Gasteiger partial charge on any atom is 0.316 e. The van der Waals surface area contributed by atoms with E-state index in [0.717, 1.165) is 0 Å². The van der Waals surface area contributed by atoms with Crippen molar-refractivity contribution >= 4 is 29.3 Å². The van der Waals surface area contributed by atoms with Gasteiger partial charge < -0.3 is 24.8 Å². The van der Waals surface area contributed by atoms with Gasteiger partial charge in [-0.2, -0.15) is 5.26 Å². The van der Waals surface area contributed by atoms with Crippen LogP contribution in [0.3, 0.4) is 0 Å². The number of nitriles is 1. The van der Waals surface area contributed by atoms with Crippen LogP contribution in [0.25, 0.3) is 0 Å². The van der Waals surface area contributed by atoms with Crippen molar-refractivity contribution in [3.05, 3.63) is 76.0 Å². The molecule has 0 fully saturated rings. The average molecular weight is 508 g/mol.